The molecule has 0 saturated heterocycles. The highest BCUT2D eigenvalue weighted by Crippen LogP contribution is 2.35. The Labute approximate surface area is 109 Å². The van der Waals surface area contributed by atoms with E-state index in [0.717, 1.165) is 37.0 Å². The molecule has 2 aliphatic rings. The Bertz CT molecular complexity index is 499. The third-order valence-electron chi connectivity index (χ3n) is 3.90. The van der Waals surface area contributed by atoms with Crippen molar-refractivity contribution in [3.05, 3.63) is 17.0 Å². The lowest BCUT2D eigenvalue weighted by Gasteiger charge is -2.13. The zero-order valence-corrected chi connectivity index (χ0v) is 10.5. The molecular formula is C13H16F2N2O2. The second-order valence-electron chi connectivity index (χ2n) is 5.41. The van der Waals surface area contributed by atoms with E-state index in [0.29, 0.717) is 6.42 Å². The van der Waals surface area contributed by atoms with Gasteiger partial charge in [-0.1, -0.05) is 5.16 Å². The van der Waals surface area contributed by atoms with E-state index in [9.17, 15) is 13.6 Å². The molecule has 19 heavy (non-hydrogen) atoms. The normalized spacial score (nSPS) is 25.1. The fraction of sp³-hybridized carbons (Fsp3) is 0.692. The molecule has 1 unspecified atom stereocenters. The fourth-order valence-corrected chi connectivity index (χ4v) is 2.89. The minimum Gasteiger partial charge on any atom is -0.360 e. The molecule has 1 saturated carbocycles. The first-order valence-corrected chi connectivity index (χ1v) is 6.71. The van der Waals surface area contributed by atoms with Gasteiger partial charge in [-0.15, -0.1) is 0 Å². The molecule has 2 aliphatic carbocycles. The summed E-state index contributed by atoms with van der Waals surface area (Å²) >= 11 is 0. The predicted octanol–water partition coefficient (Wildman–Crippen LogP) is 2.47. The number of hydrogen-bond donors (Lipinski definition) is 1. The Morgan fingerprint density at radius 1 is 1.37 bits per heavy atom. The summed E-state index contributed by atoms with van der Waals surface area (Å²) in [4.78, 5) is 12.1. The van der Waals surface area contributed by atoms with Gasteiger partial charge in [0, 0.05) is 30.9 Å². The zero-order chi connectivity index (χ0) is 13.5. The summed E-state index contributed by atoms with van der Waals surface area (Å²) in [5, 5.41) is 6.45. The van der Waals surface area contributed by atoms with Gasteiger partial charge >= 0.3 is 0 Å². The topological polar surface area (TPSA) is 55.1 Å². The van der Waals surface area contributed by atoms with Gasteiger partial charge in [-0.05, 0) is 25.7 Å². The maximum atomic E-state index is 13.1. The summed E-state index contributed by atoms with van der Waals surface area (Å²) in [6.45, 7) is 0. The molecule has 0 spiro atoms. The quantitative estimate of drug-likeness (QED) is 0.898. The summed E-state index contributed by atoms with van der Waals surface area (Å²) in [6, 6.07) is -0.460. The molecule has 1 fully saturated rings. The van der Waals surface area contributed by atoms with Crippen LogP contribution in [-0.2, 0) is 12.8 Å². The Morgan fingerprint density at radius 2 is 2.16 bits per heavy atom. The van der Waals surface area contributed by atoms with Crippen LogP contribution in [0.15, 0.2) is 4.52 Å². The number of aromatic nitrogens is 1. The third-order valence-corrected chi connectivity index (χ3v) is 3.90. The van der Waals surface area contributed by atoms with Crippen LogP contribution in [0.3, 0.4) is 0 Å². The van der Waals surface area contributed by atoms with Crippen LogP contribution in [0.4, 0.5) is 8.78 Å². The zero-order valence-electron chi connectivity index (χ0n) is 10.5. The van der Waals surface area contributed by atoms with Crippen molar-refractivity contribution in [2.24, 2.45) is 0 Å². The van der Waals surface area contributed by atoms with E-state index in [1.54, 1.807) is 0 Å². The van der Waals surface area contributed by atoms with Crippen LogP contribution in [0.5, 0.6) is 0 Å². The lowest BCUT2D eigenvalue weighted by molar-refractivity contribution is 0.00710. The molecule has 1 heterocycles. The lowest BCUT2D eigenvalue weighted by atomic mass is 9.96. The molecule has 6 heteroatoms. The average molecular weight is 270 g/mol. The van der Waals surface area contributed by atoms with Crippen molar-refractivity contribution in [2.75, 3.05) is 0 Å². The molecule has 0 aromatic carbocycles. The van der Waals surface area contributed by atoms with Crippen LogP contribution in [0.2, 0.25) is 0 Å². The molecule has 4 nitrogen and oxygen atoms in total. The van der Waals surface area contributed by atoms with Gasteiger partial charge in [0.15, 0.2) is 5.69 Å². The number of nitrogens with zero attached hydrogens (tertiary/aromatic N) is 1. The first kappa shape index (κ1) is 12.6. The Balaban J connectivity index is 1.69. The van der Waals surface area contributed by atoms with E-state index in [1.165, 1.54) is 0 Å². The van der Waals surface area contributed by atoms with Crippen molar-refractivity contribution in [3.63, 3.8) is 0 Å². The number of fused-ring (bicyclic) bond motifs is 1. The molecule has 0 bridgehead atoms. The monoisotopic (exact) mass is 270 g/mol. The van der Waals surface area contributed by atoms with Gasteiger partial charge in [0.25, 0.3) is 5.91 Å². The van der Waals surface area contributed by atoms with Crippen molar-refractivity contribution >= 4 is 5.91 Å². The Hall–Kier alpha value is -1.46. The van der Waals surface area contributed by atoms with Crippen LogP contribution in [0, 0.1) is 0 Å². The van der Waals surface area contributed by atoms with Crippen molar-refractivity contribution in [3.8, 4) is 0 Å². The molecule has 1 amide bonds. The highest BCUT2D eigenvalue weighted by Gasteiger charge is 2.40. The molecule has 1 N–H and O–H groups in total. The largest absolute Gasteiger partial charge is 0.360 e. The average Bonchev–Trinajstić information content (AvgIpc) is 2.92. The van der Waals surface area contributed by atoms with Crippen LogP contribution in [-0.4, -0.2) is 23.0 Å². The number of hydrogen-bond acceptors (Lipinski definition) is 3. The van der Waals surface area contributed by atoms with Crippen molar-refractivity contribution in [1.82, 2.24) is 10.5 Å². The van der Waals surface area contributed by atoms with Gasteiger partial charge in [-0.25, -0.2) is 8.78 Å². The number of carbonyl (C=O) groups excluding carboxylic acids is 1. The number of aryl methyl sites for hydroxylation is 1. The first-order valence-electron chi connectivity index (χ1n) is 6.71. The van der Waals surface area contributed by atoms with E-state index >= 15 is 0 Å². The fourth-order valence-electron chi connectivity index (χ4n) is 2.89. The third kappa shape index (κ3) is 2.48. The molecule has 104 valence electrons. The van der Waals surface area contributed by atoms with Gasteiger partial charge in [-0.2, -0.15) is 0 Å². The minimum atomic E-state index is -2.65. The second-order valence-corrected chi connectivity index (χ2v) is 5.41. The first-order chi connectivity index (χ1) is 9.05. The molecule has 1 aromatic heterocycles. The molecule has 0 radical (unpaired) electrons. The summed E-state index contributed by atoms with van der Waals surface area (Å²) in [6.07, 6.45) is 3.51. The Kier molecular flexibility index (Phi) is 3.03. The van der Waals surface area contributed by atoms with Crippen LogP contribution in [0.25, 0.3) is 0 Å². The number of halogens is 2. The predicted molar refractivity (Wildman–Crippen MR) is 63.2 cm³/mol. The molecule has 3 rings (SSSR count). The van der Waals surface area contributed by atoms with E-state index in [-0.39, 0.29) is 24.4 Å². The van der Waals surface area contributed by atoms with Crippen molar-refractivity contribution < 1.29 is 18.1 Å². The molecule has 1 atom stereocenters. The number of carbonyl (C=O) groups is 1. The van der Waals surface area contributed by atoms with E-state index in [4.69, 9.17) is 4.52 Å². The van der Waals surface area contributed by atoms with Gasteiger partial charge in [0.1, 0.15) is 5.76 Å². The molecule has 0 aliphatic heterocycles. The van der Waals surface area contributed by atoms with Gasteiger partial charge in [0.05, 0.1) is 0 Å². The maximum absolute atomic E-state index is 13.1. The van der Waals surface area contributed by atoms with E-state index < -0.39 is 12.0 Å². The second kappa shape index (κ2) is 4.58. The van der Waals surface area contributed by atoms with Crippen LogP contribution in [0.1, 0.15) is 53.9 Å². The lowest BCUT2D eigenvalue weighted by Crippen LogP contribution is -2.34. The smallest absolute Gasteiger partial charge is 0.273 e. The van der Waals surface area contributed by atoms with Crippen molar-refractivity contribution in [2.45, 2.75) is 56.9 Å². The van der Waals surface area contributed by atoms with E-state index in [2.05, 4.69) is 10.5 Å². The summed E-state index contributed by atoms with van der Waals surface area (Å²) in [5.41, 5.74) is 1.14. The summed E-state index contributed by atoms with van der Waals surface area (Å²) in [5.74, 6) is -2.26. The highest BCUT2D eigenvalue weighted by atomic mass is 19.3. The van der Waals surface area contributed by atoms with Crippen molar-refractivity contribution in [1.29, 1.82) is 0 Å². The van der Waals surface area contributed by atoms with Crippen LogP contribution < -0.4 is 5.32 Å². The summed E-state index contributed by atoms with van der Waals surface area (Å²) in [7, 11) is 0. The summed E-state index contributed by atoms with van der Waals surface area (Å²) < 4.78 is 31.3. The Morgan fingerprint density at radius 3 is 2.89 bits per heavy atom. The number of rotatable bonds is 2. The molecule has 1 aromatic rings. The minimum absolute atomic E-state index is 0.158. The highest BCUT2D eigenvalue weighted by molar-refractivity contribution is 5.94. The van der Waals surface area contributed by atoms with Gasteiger partial charge in [0.2, 0.25) is 5.92 Å². The number of amides is 1. The van der Waals surface area contributed by atoms with Crippen LogP contribution >= 0.6 is 0 Å². The van der Waals surface area contributed by atoms with Gasteiger partial charge < -0.3 is 9.84 Å². The number of alkyl halides is 2. The molecular weight excluding hydrogens is 254 g/mol. The number of nitrogens with one attached hydrogen (secondary N) is 1. The standard InChI is InChI=1S/C13H16F2N2O2/c14-13(15)6-5-8(7-13)16-12(18)11-9-3-1-2-4-10(9)19-17-11/h8H,1-7H2,(H,16,18). The van der Waals surface area contributed by atoms with Gasteiger partial charge in [-0.3, -0.25) is 4.79 Å². The van der Waals surface area contributed by atoms with E-state index in [1.807, 2.05) is 0 Å². The maximum Gasteiger partial charge on any atom is 0.273 e. The SMILES string of the molecule is O=C(NC1CCC(F)(F)C1)c1noc2c1CCCC2.